The van der Waals surface area contributed by atoms with Gasteiger partial charge in [0.15, 0.2) is 6.61 Å². The van der Waals surface area contributed by atoms with Crippen LogP contribution in [0.15, 0.2) is 42.5 Å². The molecule has 6 heteroatoms. The van der Waals surface area contributed by atoms with E-state index in [2.05, 4.69) is 16.0 Å². The summed E-state index contributed by atoms with van der Waals surface area (Å²) in [5, 5.41) is 8.40. The average Bonchev–Trinajstić information content (AvgIpc) is 3.40. The van der Waals surface area contributed by atoms with Crippen LogP contribution in [0.3, 0.4) is 0 Å². The highest BCUT2D eigenvalue weighted by Crippen LogP contribution is 2.22. The number of hydrogen-bond donors (Lipinski definition) is 3. The standard InChI is InChI=1S/C20H23N3O3/c1-13-4-3-5-14(2)19(13)26-12-18(24)21-15-6-8-16(9-7-15)22-20(25)23-17-10-11-17/h3-9,17H,10-12H2,1-2H3,(H,21,24)(H2,22,23,25). The van der Waals surface area contributed by atoms with Gasteiger partial charge in [0, 0.05) is 17.4 Å². The Morgan fingerprint density at radius 1 is 0.962 bits per heavy atom. The second-order valence-electron chi connectivity index (χ2n) is 6.51. The summed E-state index contributed by atoms with van der Waals surface area (Å²) < 4.78 is 5.64. The van der Waals surface area contributed by atoms with Gasteiger partial charge in [-0.15, -0.1) is 0 Å². The molecule has 136 valence electrons. The molecule has 1 fully saturated rings. The average molecular weight is 353 g/mol. The number of ether oxygens (including phenoxy) is 1. The Bertz CT molecular complexity index is 778. The molecule has 0 unspecified atom stereocenters. The molecule has 26 heavy (non-hydrogen) atoms. The predicted octanol–water partition coefficient (Wildman–Crippen LogP) is 3.60. The van der Waals surface area contributed by atoms with E-state index in [-0.39, 0.29) is 18.5 Å². The lowest BCUT2D eigenvalue weighted by Crippen LogP contribution is -2.30. The Morgan fingerprint density at radius 2 is 1.54 bits per heavy atom. The van der Waals surface area contributed by atoms with Crippen molar-refractivity contribution in [1.29, 1.82) is 0 Å². The van der Waals surface area contributed by atoms with Crippen LogP contribution in [0, 0.1) is 13.8 Å². The first-order valence-electron chi connectivity index (χ1n) is 8.68. The summed E-state index contributed by atoms with van der Waals surface area (Å²) in [6.45, 7) is 3.84. The maximum absolute atomic E-state index is 12.1. The molecule has 0 aliphatic heterocycles. The number of rotatable bonds is 6. The molecule has 1 saturated carbocycles. The Hall–Kier alpha value is -3.02. The van der Waals surface area contributed by atoms with E-state index < -0.39 is 0 Å². The summed E-state index contributed by atoms with van der Waals surface area (Å²) in [4.78, 5) is 23.8. The Labute approximate surface area is 152 Å². The summed E-state index contributed by atoms with van der Waals surface area (Å²) in [7, 11) is 0. The van der Waals surface area contributed by atoms with Crippen molar-refractivity contribution in [3.63, 3.8) is 0 Å². The third kappa shape index (κ3) is 4.99. The molecule has 1 aliphatic carbocycles. The monoisotopic (exact) mass is 353 g/mol. The van der Waals surface area contributed by atoms with Crippen LogP contribution in [0.5, 0.6) is 5.75 Å². The van der Waals surface area contributed by atoms with Crippen LogP contribution in [-0.4, -0.2) is 24.6 Å². The van der Waals surface area contributed by atoms with E-state index in [9.17, 15) is 9.59 Å². The zero-order chi connectivity index (χ0) is 18.5. The first-order valence-corrected chi connectivity index (χ1v) is 8.68. The van der Waals surface area contributed by atoms with Gasteiger partial charge in [-0.25, -0.2) is 4.79 Å². The summed E-state index contributed by atoms with van der Waals surface area (Å²) in [6, 6.07) is 12.9. The Balaban J connectivity index is 1.48. The smallest absolute Gasteiger partial charge is 0.319 e. The third-order valence-corrected chi connectivity index (χ3v) is 4.10. The zero-order valence-corrected chi connectivity index (χ0v) is 15.0. The van der Waals surface area contributed by atoms with Crippen molar-refractivity contribution in [3.8, 4) is 5.75 Å². The molecule has 0 aromatic heterocycles. The van der Waals surface area contributed by atoms with Crippen LogP contribution in [-0.2, 0) is 4.79 Å². The molecule has 3 amide bonds. The van der Waals surface area contributed by atoms with E-state index in [1.54, 1.807) is 24.3 Å². The van der Waals surface area contributed by atoms with Gasteiger partial charge in [-0.1, -0.05) is 18.2 Å². The second kappa shape index (κ2) is 7.91. The first kappa shape index (κ1) is 17.8. The fourth-order valence-corrected chi connectivity index (χ4v) is 2.58. The minimum Gasteiger partial charge on any atom is -0.483 e. The second-order valence-corrected chi connectivity index (χ2v) is 6.51. The van der Waals surface area contributed by atoms with Crippen molar-refractivity contribution in [3.05, 3.63) is 53.6 Å². The molecular weight excluding hydrogens is 330 g/mol. The highest BCUT2D eigenvalue weighted by molar-refractivity contribution is 5.93. The predicted molar refractivity (Wildman–Crippen MR) is 102 cm³/mol. The summed E-state index contributed by atoms with van der Waals surface area (Å²) >= 11 is 0. The molecule has 0 heterocycles. The quantitative estimate of drug-likeness (QED) is 0.742. The maximum atomic E-state index is 12.1. The summed E-state index contributed by atoms with van der Waals surface area (Å²) in [5.41, 5.74) is 3.32. The van der Waals surface area contributed by atoms with E-state index in [1.807, 2.05) is 32.0 Å². The van der Waals surface area contributed by atoms with Gasteiger partial charge >= 0.3 is 6.03 Å². The number of amides is 3. The van der Waals surface area contributed by atoms with Crippen molar-refractivity contribution < 1.29 is 14.3 Å². The van der Waals surface area contributed by atoms with Gasteiger partial charge in [0.25, 0.3) is 5.91 Å². The molecule has 0 bridgehead atoms. The minimum atomic E-state index is -0.236. The molecule has 6 nitrogen and oxygen atoms in total. The van der Waals surface area contributed by atoms with Crippen molar-refractivity contribution >= 4 is 23.3 Å². The lowest BCUT2D eigenvalue weighted by atomic mass is 10.1. The van der Waals surface area contributed by atoms with Crippen molar-refractivity contribution in [2.24, 2.45) is 0 Å². The number of urea groups is 1. The maximum Gasteiger partial charge on any atom is 0.319 e. The van der Waals surface area contributed by atoms with Gasteiger partial charge in [0.2, 0.25) is 0 Å². The zero-order valence-electron chi connectivity index (χ0n) is 15.0. The number of nitrogens with one attached hydrogen (secondary N) is 3. The van der Waals surface area contributed by atoms with E-state index in [1.165, 1.54) is 0 Å². The van der Waals surface area contributed by atoms with Crippen LogP contribution in [0.25, 0.3) is 0 Å². The van der Waals surface area contributed by atoms with Gasteiger partial charge < -0.3 is 20.7 Å². The minimum absolute atomic E-state index is 0.0600. The molecule has 1 aliphatic rings. The van der Waals surface area contributed by atoms with Crippen LogP contribution < -0.4 is 20.7 Å². The molecular formula is C20H23N3O3. The van der Waals surface area contributed by atoms with Crippen LogP contribution in [0.2, 0.25) is 0 Å². The number of carbonyl (C=O) groups excluding carboxylic acids is 2. The van der Waals surface area contributed by atoms with Crippen LogP contribution in [0.1, 0.15) is 24.0 Å². The number of anilines is 2. The van der Waals surface area contributed by atoms with Gasteiger partial charge in [-0.05, 0) is 62.1 Å². The SMILES string of the molecule is Cc1cccc(C)c1OCC(=O)Nc1ccc(NC(=O)NC2CC2)cc1. The van der Waals surface area contributed by atoms with E-state index in [0.29, 0.717) is 17.4 Å². The molecule has 3 rings (SSSR count). The Kier molecular flexibility index (Phi) is 5.41. The lowest BCUT2D eigenvalue weighted by Gasteiger charge is -2.12. The molecule has 3 N–H and O–H groups in total. The fraction of sp³-hybridized carbons (Fsp3) is 0.300. The van der Waals surface area contributed by atoms with Crippen LogP contribution in [0.4, 0.5) is 16.2 Å². The van der Waals surface area contributed by atoms with Crippen molar-refractivity contribution in [1.82, 2.24) is 5.32 Å². The molecule has 0 atom stereocenters. The summed E-state index contributed by atoms with van der Waals surface area (Å²) in [5.74, 6) is 0.503. The van der Waals surface area contributed by atoms with E-state index in [0.717, 1.165) is 29.7 Å². The Morgan fingerprint density at radius 3 is 2.12 bits per heavy atom. The third-order valence-electron chi connectivity index (χ3n) is 4.10. The molecule has 0 radical (unpaired) electrons. The van der Waals surface area contributed by atoms with Gasteiger partial charge in [-0.2, -0.15) is 0 Å². The van der Waals surface area contributed by atoms with Gasteiger partial charge in [-0.3, -0.25) is 4.79 Å². The highest BCUT2D eigenvalue weighted by atomic mass is 16.5. The van der Waals surface area contributed by atoms with Crippen molar-refractivity contribution in [2.75, 3.05) is 17.2 Å². The fourth-order valence-electron chi connectivity index (χ4n) is 2.58. The van der Waals surface area contributed by atoms with E-state index >= 15 is 0 Å². The molecule has 0 saturated heterocycles. The summed E-state index contributed by atoms with van der Waals surface area (Å²) in [6.07, 6.45) is 2.09. The number of hydrogen-bond acceptors (Lipinski definition) is 3. The number of aryl methyl sites for hydroxylation is 2. The lowest BCUT2D eigenvalue weighted by molar-refractivity contribution is -0.118. The van der Waals surface area contributed by atoms with Crippen LogP contribution >= 0.6 is 0 Å². The molecule has 0 spiro atoms. The van der Waals surface area contributed by atoms with Gasteiger partial charge in [0.05, 0.1) is 0 Å². The number of carbonyl (C=O) groups is 2. The van der Waals surface area contributed by atoms with Gasteiger partial charge in [0.1, 0.15) is 5.75 Å². The topological polar surface area (TPSA) is 79.5 Å². The molecule has 2 aromatic carbocycles. The highest BCUT2D eigenvalue weighted by Gasteiger charge is 2.23. The number of benzene rings is 2. The number of para-hydroxylation sites is 1. The molecule has 2 aromatic rings. The van der Waals surface area contributed by atoms with E-state index in [4.69, 9.17) is 4.74 Å². The van der Waals surface area contributed by atoms with Crippen molar-refractivity contribution in [2.45, 2.75) is 32.7 Å². The normalized spacial score (nSPS) is 13.0. The first-order chi connectivity index (χ1) is 12.5. The largest absolute Gasteiger partial charge is 0.483 e.